The van der Waals surface area contributed by atoms with Gasteiger partial charge in [-0.2, -0.15) is 0 Å². The normalized spacial score (nSPS) is 18.9. The number of pyridine rings is 1. The molecule has 1 saturated heterocycles. The minimum absolute atomic E-state index is 0.0122. The van der Waals surface area contributed by atoms with Crippen molar-refractivity contribution in [2.45, 2.75) is 33.2 Å². The van der Waals surface area contributed by atoms with Crippen molar-refractivity contribution < 1.29 is 19.0 Å². The van der Waals surface area contributed by atoms with Gasteiger partial charge in [-0.05, 0) is 51.4 Å². The summed E-state index contributed by atoms with van der Waals surface area (Å²) in [4.78, 5) is 20.0. The lowest BCUT2D eigenvalue weighted by molar-refractivity contribution is 0.0809. The van der Waals surface area contributed by atoms with Gasteiger partial charge in [0.2, 0.25) is 6.79 Å². The molecule has 1 atom stereocenters. The van der Waals surface area contributed by atoms with Gasteiger partial charge >= 0.3 is 0 Å². The number of carbonyl (C=O) groups excluding carboxylic acids is 1. The predicted octanol–water partition coefficient (Wildman–Crippen LogP) is 3.53. The lowest BCUT2D eigenvalue weighted by atomic mass is 9.89. The molecule has 0 N–H and O–H groups in total. The molecule has 1 aromatic heterocycles. The number of nitrogens with zero attached hydrogens (tertiary/aromatic N) is 2. The van der Waals surface area contributed by atoms with Gasteiger partial charge in [-0.25, -0.2) is 0 Å². The first-order chi connectivity index (χ1) is 13.6. The van der Waals surface area contributed by atoms with Crippen LogP contribution >= 0.6 is 0 Å². The molecule has 1 fully saturated rings. The Kier molecular flexibility index (Phi) is 5.22. The van der Waals surface area contributed by atoms with Crippen LogP contribution in [0.2, 0.25) is 0 Å². The highest BCUT2D eigenvalue weighted by Gasteiger charge is 2.28. The molecule has 2 aromatic rings. The van der Waals surface area contributed by atoms with Crippen LogP contribution < -0.4 is 14.2 Å². The molecule has 0 radical (unpaired) electrons. The average molecular weight is 382 g/mol. The average Bonchev–Trinajstić information content (AvgIpc) is 3.18. The van der Waals surface area contributed by atoms with Gasteiger partial charge in [0.1, 0.15) is 5.75 Å². The molecular formula is C22H26N2O4. The number of ketones is 1. The third-order valence-corrected chi connectivity index (χ3v) is 5.66. The summed E-state index contributed by atoms with van der Waals surface area (Å²) < 4.78 is 16.3. The van der Waals surface area contributed by atoms with Gasteiger partial charge in [-0.15, -0.1) is 0 Å². The molecule has 1 aromatic carbocycles. The highest BCUT2D eigenvalue weighted by atomic mass is 16.7. The van der Waals surface area contributed by atoms with Gasteiger partial charge < -0.3 is 14.2 Å². The number of aryl methyl sites for hydroxylation is 1. The molecule has 0 aliphatic carbocycles. The Labute approximate surface area is 165 Å². The van der Waals surface area contributed by atoms with Crippen LogP contribution in [0.5, 0.6) is 17.2 Å². The monoisotopic (exact) mass is 382 g/mol. The number of benzene rings is 1. The second-order valence-electron chi connectivity index (χ2n) is 7.55. The summed E-state index contributed by atoms with van der Waals surface area (Å²) in [6.07, 6.45) is 3.77. The predicted molar refractivity (Wildman–Crippen MR) is 105 cm³/mol. The fourth-order valence-corrected chi connectivity index (χ4v) is 4.14. The first-order valence-corrected chi connectivity index (χ1v) is 9.72. The summed E-state index contributed by atoms with van der Waals surface area (Å²) in [5.74, 6) is 2.42. The smallest absolute Gasteiger partial charge is 0.231 e. The van der Waals surface area contributed by atoms with E-state index in [-0.39, 0.29) is 18.5 Å². The largest absolute Gasteiger partial charge is 0.496 e. The molecule has 3 heterocycles. The van der Waals surface area contributed by atoms with Crippen LogP contribution in [0, 0.1) is 19.8 Å². The van der Waals surface area contributed by atoms with Crippen molar-refractivity contribution in [1.29, 1.82) is 0 Å². The van der Waals surface area contributed by atoms with Gasteiger partial charge in [0.25, 0.3) is 0 Å². The molecule has 0 spiro atoms. The lowest BCUT2D eigenvalue weighted by Gasteiger charge is -2.32. The van der Waals surface area contributed by atoms with E-state index in [0.29, 0.717) is 17.1 Å². The van der Waals surface area contributed by atoms with Gasteiger partial charge in [0.05, 0.1) is 12.8 Å². The van der Waals surface area contributed by atoms with Gasteiger partial charge in [-0.3, -0.25) is 14.7 Å². The van der Waals surface area contributed by atoms with Crippen LogP contribution in [0.1, 0.15) is 40.0 Å². The molecule has 2 aliphatic heterocycles. The van der Waals surface area contributed by atoms with E-state index in [4.69, 9.17) is 14.2 Å². The van der Waals surface area contributed by atoms with Crippen molar-refractivity contribution in [3.63, 3.8) is 0 Å². The Morgan fingerprint density at radius 3 is 2.93 bits per heavy atom. The van der Waals surface area contributed by atoms with Crippen molar-refractivity contribution in [2.24, 2.45) is 5.92 Å². The first-order valence-electron chi connectivity index (χ1n) is 9.72. The van der Waals surface area contributed by atoms with E-state index < -0.39 is 0 Å². The molecule has 2 aliphatic rings. The molecule has 0 bridgehead atoms. The Morgan fingerprint density at radius 2 is 2.11 bits per heavy atom. The van der Waals surface area contributed by atoms with Crippen molar-refractivity contribution in [3.8, 4) is 17.2 Å². The molecule has 0 unspecified atom stereocenters. The van der Waals surface area contributed by atoms with Crippen LogP contribution in [0.4, 0.5) is 0 Å². The summed E-state index contributed by atoms with van der Waals surface area (Å²) in [5, 5.41) is 0. The minimum Gasteiger partial charge on any atom is -0.496 e. The number of ether oxygens (including phenoxy) is 3. The molecule has 4 rings (SSSR count). The summed E-state index contributed by atoms with van der Waals surface area (Å²) in [7, 11) is 1.69. The Balaban J connectivity index is 1.47. The molecular weight excluding hydrogens is 356 g/mol. The lowest BCUT2D eigenvalue weighted by Crippen LogP contribution is -2.38. The standard InChI is InChI=1S/C22H26N2O4/c1-14-10-23-18(15(2)22(14)26-3)12-24-8-4-5-17(11-24)21(25)16-6-7-19-20(9-16)28-13-27-19/h6-7,9-10,17H,4-5,8,11-13H2,1-3H3/t17-/m0/s1. The van der Waals surface area contributed by atoms with Crippen molar-refractivity contribution >= 4 is 5.78 Å². The molecule has 28 heavy (non-hydrogen) atoms. The maximum atomic E-state index is 13.1. The zero-order valence-corrected chi connectivity index (χ0v) is 16.7. The maximum absolute atomic E-state index is 13.1. The number of piperidine rings is 1. The number of hydrogen-bond acceptors (Lipinski definition) is 6. The Bertz CT molecular complexity index is 896. The van der Waals surface area contributed by atoms with E-state index in [2.05, 4.69) is 9.88 Å². The van der Waals surface area contributed by atoms with E-state index in [9.17, 15) is 4.79 Å². The van der Waals surface area contributed by atoms with E-state index in [1.807, 2.05) is 32.2 Å². The fraction of sp³-hybridized carbons (Fsp3) is 0.455. The van der Waals surface area contributed by atoms with Crippen LogP contribution in [-0.2, 0) is 6.54 Å². The Morgan fingerprint density at radius 1 is 1.29 bits per heavy atom. The van der Waals surface area contributed by atoms with Crippen LogP contribution in [0.3, 0.4) is 0 Å². The van der Waals surface area contributed by atoms with Crippen LogP contribution in [0.25, 0.3) is 0 Å². The van der Waals surface area contributed by atoms with E-state index in [0.717, 1.165) is 55.0 Å². The number of aromatic nitrogens is 1. The second-order valence-corrected chi connectivity index (χ2v) is 7.55. The number of carbonyl (C=O) groups is 1. The number of fused-ring (bicyclic) bond motifs is 1. The van der Waals surface area contributed by atoms with Gasteiger partial charge in [0.15, 0.2) is 17.3 Å². The topological polar surface area (TPSA) is 60.9 Å². The summed E-state index contributed by atoms with van der Waals surface area (Å²) >= 11 is 0. The zero-order chi connectivity index (χ0) is 19.7. The third-order valence-electron chi connectivity index (χ3n) is 5.66. The molecule has 0 amide bonds. The molecule has 6 nitrogen and oxygen atoms in total. The first kappa shape index (κ1) is 18.7. The summed E-state index contributed by atoms with van der Waals surface area (Å²) in [6.45, 7) is 6.72. The van der Waals surface area contributed by atoms with Gasteiger partial charge in [-0.1, -0.05) is 0 Å². The van der Waals surface area contributed by atoms with Crippen molar-refractivity contribution in [2.75, 3.05) is 27.0 Å². The van der Waals surface area contributed by atoms with E-state index >= 15 is 0 Å². The quantitative estimate of drug-likeness (QED) is 0.738. The zero-order valence-electron chi connectivity index (χ0n) is 16.7. The molecule has 6 heteroatoms. The number of hydrogen-bond donors (Lipinski definition) is 0. The number of likely N-dealkylation sites (tertiary alicyclic amines) is 1. The Hall–Kier alpha value is -2.60. The highest BCUT2D eigenvalue weighted by Crippen LogP contribution is 2.34. The summed E-state index contributed by atoms with van der Waals surface area (Å²) in [6, 6.07) is 5.47. The van der Waals surface area contributed by atoms with Crippen LogP contribution in [0.15, 0.2) is 24.4 Å². The number of Topliss-reactive ketones (excluding diaryl/α,β-unsaturated/α-hetero) is 1. The SMILES string of the molecule is COc1c(C)cnc(CN2CCC[C@H](C(=O)c3ccc4c(c3)OCO4)C2)c1C. The van der Waals surface area contributed by atoms with E-state index in [1.54, 1.807) is 13.2 Å². The second kappa shape index (κ2) is 7.80. The van der Waals surface area contributed by atoms with E-state index in [1.165, 1.54) is 0 Å². The maximum Gasteiger partial charge on any atom is 0.231 e. The van der Waals surface area contributed by atoms with Gasteiger partial charge in [0, 0.05) is 41.9 Å². The number of rotatable bonds is 5. The molecule has 148 valence electrons. The summed E-state index contributed by atoms with van der Waals surface area (Å²) in [5.41, 5.74) is 3.83. The van der Waals surface area contributed by atoms with Crippen molar-refractivity contribution in [1.82, 2.24) is 9.88 Å². The minimum atomic E-state index is -0.0122. The van der Waals surface area contributed by atoms with Crippen molar-refractivity contribution in [3.05, 3.63) is 46.8 Å². The molecule has 0 saturated carbocycles. The fourth-order valence-electron chi connectivity index (χ4n) is 4.14. The third kappa shape index (κ3) is 3.56. The number of methoxy groups -OCH3 is 1. The highest BCUT2D eigenvalue weighted by molar-refractivity contribution is 5.98. The van der Waals surface area contributed by atoms with Crippen LogP contribution in [-0.4, -0.2) is 42.7 Å².